The molecule has 124 valence electrons. The zero-order chi connectivity index (χ0) is 15.9. The summed E-state index contributed by atoms with van der Waals surface area (Å²) in [4.78, 5) is 17.4. The van der Waals surface area contributed by atoms with Crippen LogP contribution in [0.3, 0.4) is 0 Å². The third-order valence-electron chi connectivity index (χ3n) is 5.26. The van der Waals surface area contributed by atoms with Gasteiger partial charge in [-0.25, -0.2) is 0 Å². The zero-order valence-electron chi connectivity index (χ0n) is 14.3. The van der Waals surface area contributed by atoms with E-state index in [1.165, 1.54) is 0 Å². The van der Waals surface area contributed by atoms with Gasteiger partial charge in [0, 0.05) is 45.3 Å². The van der Waals surface area contributed by atoms with E-state index in [1.54, 1.807) is 0 Å². The summed E-state index contributed by atoms with van der Waals surface area (Å²) in [5, 5.41) is 3.12. The van der Waals surface area contributed by atoms with Gasteiger partial charge in [0.25, 0.3) is 0 Å². The minimum Gasteiger partial charge on any atom is -0.354 e. The molecular weight excluding hydrogens is 264 g/mol. The van der Waals surface area contributed by atoms with Crippen LogP contribution < -0.4 is 11.1 Å². The summed E-state index contributed by atoms with van der Waals surface area (Å²) in [7, 11) is 0. The highest BCUT2D eigenvalue weighted by atomic mass is 16.2. The first kappa shape index (κ1) is 18.4. The molecule has 1 aliphatic rings. The molecule has 0 saturated carbocycles. The molecule has 1 unspecified atom stereocenters. The molecule has 0 aliphatic carbocycles. The average Bonchev–Trinajstić information content (AvgIpc) is 2.54. The van der Waals surface area contributed by atoms with Gasteiger partial charge in [-0.15, -0.1) is 0 Å². The van der Waals surface area contributed by atoms with E-state index in [9.17, 15) is 4.79 Å². The lowest BCUT2D eigenvalue weighted by molar-refractivity contribution is -0.131. The smallest absolute Gasteiger partial charge is 0.227 e. The molecule has 0 spiro atoms. The summed E-state index contributed by atoms with van der Waals surface area (Å²) in [6, 6.07) is 0.386. The van der Waals surface area contributed by atoms with Crippen molar-refractivity contribution < 1.29 is 4.79 Å². The number of carbonyl (C=O) groups excluding carboxylic acids is 1. The highest BCUT2D eigenvalue weighted by Gasteiger charge is 2.33. The third kappa shape index (κ3) is 4.66. The maximum absolute atomic E-state index is 12.4. The topological polar surface area (TPSA) is 61.6 Å². The van der Waals surface area contributed by atoms with Gasteiger partial charge in [-0.1, -0.05) is 20.8 Å². The molecule has 0 radical (unpaired) electrons. The molecule has 5 heteroatoms. The fourth-order valence-electron chi connectivity index (χ4n) is 3.03. The van der Waals surface area contributed by atoms with Crippen molar-refractivity contribution >= 4 is 5.91 Å². The van der Waals surface area contributed by atoms with E-state index in [4.69, 9.17) is 5.73 Å². The van der Waals surface area contributed by atoms with Crippen LogP contribution in [0.5, 0.6) is 0 Å². The number of nitrogens with one attached hydrogen (secondary N) is 1. The van der Waals surface area contributed by atoms with Crippen LogP contribution >= 0.6 is 0 Å². The highest BCUT2D eigenvalue weighted by molar-refractivity contribution is 5.82. The first-order valence-electron chi connectivity index (χ1n) is 8.47. The normalized spacial score (nSPS) is 19.5. The molecular formula is C16H34N4O. The largest absolute Gasteiger partial charge is 0.354 e. The molecule has 1 aliphatic heterocycles. The van der Waals surface area contributed by atoms with Gasteiger partial charge < -0.3 is 16.0 Å². The molecule has 1 saturated heterocycles. The van der Waals surface area contributed by atoms with Crippen LogP contribution in [0.1, 0.15) is 40.5 Å². The fraction of sp³-hybridized carbons (Fsp3) is 0.938. The molecule has 1 fully saturated rings. The standard InChI is InChI=1S/C16H34N4O/c1-5-16(6-2,13-17)15(21)18-12-14(4)20-10-8-19(7-3)9-11-20/h14H,5-13,17H2,1-4H3,(H,18,21). The predicted octanol–water partition coefficient (Wildman–Crippen LogP) is 0.894. The number of hydrogen-bond donors (Lipinski definition) is 2. The Morgan fingerprint density at radius 1 is 1.19 bits per heavy atom. The minimum absolute atomic E-state index is 0.119. The maximum atomic E-state index is 12.4. The van der Waals surface area contributed by atoms with Crippen LogP contribution in [-0.2, 0) is 4.79 Å². The third-order valence-corrected chi connectivity index (χ3v) is 5.26. The van der Waals surface area contributed by atoms with E-state index in [-0.39, 0.29) is 11.3 Å². The predicted molar refractivity (Wildman–Crippen MR) is 88.2 cm³/mol. The van der Waals surface area contributed by atoms with Crippen LogP contribution in [0, 0.1) is 5.41 Å². The van der Waals surface area contributed by atoms with Gasteiger partial charge in [0.1, 0.15) is 0 Å². The van der Waals surface area contributed by atoms with Gasteiger partial charge >= 0.3 is 0 Å². The molecule has 0 aromatic carbocycles. The van der Waals surface area contributed by atoms with Gasteiger partial charge in [-0.2, -0.15) is 0 Å². The first-order chi connectivity index (χ1) is 10.0. The lowest BCUT2D eigenvalue weighted by Crippen LogP contribution is -2.54. The van der Waals surface area contributed by atoms with Crippen LogP contribution in [0.2, 0.25) is 0 Å². The number of nitrogens with zero attached hydrogens (tertiary/aromatic N) is 2. The monoisotopic (exact) mass is 298 g/mol. The fourth-order valence-corrected chi connectivity index (χ4v) is 3.03. The van der Waals surface area contributed by atoms with Crippen molar-refractivity contribution in [3.8, 4) is 0 Å². The number of likely N-dealkylation sites (N-methyl/N-ethyl adjacent to an activating group) is 1. The molecule has 1 amide bonds. The Labute approximate surface area is 130 Å². The van der Waals surface area contributed by atoms with Gasteiger partial charge in [0.05, 0.1) is 5.41 Å². The summed E-state index contributed by atoms with van der Waals surface area (Å²) < 4.78 is 0. The van der Waals surface area contributed by atoms with Crippen molar-refractivity contribution in [1.29, 1.82) is 0 Å². The Hall–Kier alpha value is -0.650. The maximum Gasteiger partial charge on any atom is 0.227 e. The second-order valence-electron chi connectivity index (χ2n) is 6.22. The van der Waals surface area contributed by atoms with Crippen LogP contribution in [0.4, 0.5) is 0 Å². The molecule has 3 N–H and O–H groups in total. The molecule has 1 rings (SSSR count). The van der Waals surface area contributed by atoms with Crippen molar-refractivity contribution in [2.45, 2.75) is 46.6 Å². The van der Waals surface area contributed by atoms with Crippen LogP contribution in [0.15, 0.2) is 0 Å². The molecule has 0 bridgehead atoms. The van der Waals surface area contributed by atoms with Crippen molar-refractivity contribution in [3.05, 3.63) is 0 Å². The molecule has 5 nitrogen and oxygen atoms in total. The van der Waals surface area contributed by atoms with Crippen molar-refractivity contribution in [2.75, 3.05) is 45.8 Å². The number of nitrogens with two attached hydrogens (primary N) is 1. The molecule has 0 aromatic rings. The van der Waals surface area contributed by atoms with Crippen molar-refractivity contribution in [3.63, 3.8) is 0 Å². The molecule has 1 atom stereocenters. The quantitative estimate of drug-likeness (QED) is 0.699. The number of carbonyl (C=O) groups is 1. The Morgan fingerprint density at radius 3 is 2.19 bits per heavy atom. The number of rotatable bonds is 8. The number of amides is 1. The van der Waals surface area contributed by atoms with E-state index in [0.717, 1.165) is 45.6 Å². The van der Waals surface area contributed by atoms with Crippen LogP contribution in [-0.4, -0.2) is 67.6 Å². The van der Waals surface area contributed by atoms with Gasteiger partial charge in [-0.3, -0.25) is 9.69 Å². The lowest BCUT2D eigenvalue weighted by Gasteiger charge is -2.38. The Morgan fingerprint density at radius 2 is 1.76 bits per heavy atom. The van der Waals surface area contributed by atoms with E-state index in [2.05, 4.69) is 29.0 Å². The second-order valence-corrected chi connectivity index (χ2v) is 6.22. The average molecular weight is 298 g/mol. The van der Waals surface area contributed by atoms with Gasteiger partial charge in [0.15, 0.2) is 0 Å². The lowest BCUT2D eigenvalue weighted by atomic mass is 9.81. The number of piperazine rings is 1. The molecule has 1 heterocycles. The molecule has 0 aromatic heterocycles. The zero-order valence-corrected chi connectivity index (χ0v) is 14.3. The van der Waals surface area contributed by atoms with E-state index in [1.807, 2.05) is 13.8 Å². The summed E-state index contributed by atoms with van der Waals surface area (Å²) in [5.74, 6) is 0.119. The van der Waals surface area contributed by atoms with Crippen molar-refractivity contribution in [1.82, 2.24) is 15.1 Å². The Kier molecular flexibility index (Phi) is 7.63. The van der Waals surface area contributed by atoms with Gasteiger partial charge in [0.2, 0.25) is 5.91 Å². The highest BCUT2D eigenvalue weighted by Crippen LogP contribution is 2.24. The summed E-state index contributed by atoms with van der Waals surface area (Å²) in [5.41, 5.74) is 5.44. The summed E-state index contributed by atoms with van der Waals surface area (Å²) in [6.07, 6.45) is 1.60. The minimum atomic E-state index is -0.388. The Bertz CT molecular complexity index is 301. The summed E-state index contributed by atoms with van der Waals surface area (Å²) >= 11 is 0. The van der Waals surface area contributed by atoms with E-state index >= 15 is 0 Å². The Balaban J connectivity index is 2.42. The van der Waals surface area contributed by atoms with Crippen molar-refractivity contribution in [2.24, 2.45) is 11.1 Å². The van der Waals surface area contributed by atoms with E-state index < -0.39 is 0 Å². The number of hydrogen-bond acceptors (Lipinski definition) is 4. The first-order valence-corrected chi connectivity index (χ1v) is 8.47. The summed E-state index contributed by atoms with van der Waals surface area (Å²) in [6.45, 7) is 15.2. The van der Waals surface area contributed by atoms with Gasteiger partial charge in [-0.05, 0) is 26.3 Å². The second kappa shape index (κ2) is 8.71. The van der Waals surface area contributed by atoms with E-state index in [0.29, 0.717) is 19.1 Å². The van der Waals surface area contributed by atoms with Crippen LogP contribution in [0.25, 0.3) is 0 Å². The SMILES string of the molecule is CCN1CCN(C(C)CNC(=O)C(CC)(CC)CN)CC1. The molecule has 21 heavy (non-hydrogen) atoms.